The Morgan fingerprint density at radius 3 is 2.40 bits per heavy atom. The third kappa shape index (κ3) is 4.04. The van der Waals surface area contributed by atoms with Gasteiger partial charge >= 0.3 is 5.97 Å². The molecule has 3 rings (SSSR count). The van der Waals surface area contributed by atoms with Gasteiger partial charge in [0.1, 0.15) is 0 Å². The zero-order chi connectivity index (χ0) is 17.9. The summed E-state index contributed by atoms with van der Waals surface area (Å²) in [5, 5.41) is 9.29. The fourth-order valence-electron chi connectivity index (χ4n) is 2.92. The quantitative estimate of drug-likeness (QED) is 0.826. The molecule has 1 unspecified atom stereocenters. The zero-order valence-electron chi connectivity index (χ0n) is 14.1. The Hall–Kier alpha value is -2.27. The molecule has 0 saturated carbocycles. The maximum absolute atomic E-state index is 12.6. The number of rotatable bonds is 5. The third-order valence-electron chi connectivity index (χ3n) is 4.63. The molecule has 25 heavy (non-hydrogen) atoms. The summed E-state index contributed by atoms with van der Waals surface area (Å²) in [5.41, 5.74) is 0.937. The normalized spacial score (nSPS) is 19.8. The molecule has 0 spiro atoms. The summed E-state index contributed by atoms with van der Waals surface area (Å²) in [6.07, 6.45) is 0.500. The van der Waals surface area contributed by atoms with Crippen LogP contribution >= 0.6 is 11.8 Å². The van der Waals surface area contributed by atoms with Gasteiger partial charge in [-0.15, -0.1) is 11.8 Å². The number of amides is 1. The summed E-state index contributed by atoms with van der Waals surface area (Å²) in [6.45, 7) is 2.46. The van der Waals surface area contributed by atoms with Gasteiger partial charge in [-0.3, -0.25) is 9.59 Å². The van der Waals surface area contributed by atoms with Crippen LogP contribution < -0.4 is 0 Å². The number of hydrogen-bond acceptors (Lipinski definition) is 3. The van der Waals surface area contributed by atoms with Crippen molar-refractivity contribution < 1.29 is 14.7 Å². The predicted octanol–water partition coefficient (Wildman–Crippen LogP) is 3.92. The average Bonchev–Trinajstić information content (AvgIpc) is 3.04. The molecule has 1 atom stereocenters. The van der Waals surface area contributed by atoms with Crippen molar-refractivity contribution in [2.75, 3.05) is 13.1 Å². The fourth-order valence-corrected chi connectivity index (χ4v) is 3.79. The molecule has 4 nitrogen and oxygen atoms in total. The summed E-state index contributed by atoms with van der Waals surface area (Å²) in [6, 6.07) is 17.8. The van der Waals surface area contributed by atoms with Crippen LogP contribution in [0.2, 0.25) is 0 Å². The number of thioether (sulfide) groups is 1. The van der Waals surface area contributed by atoms with E-state index >= 15 is 0 Å². The largest absolute Gasteiger partial charge is 0.481 e. The van der Waals surface area contributed by atoms with E-state index in [1.165, 1.54) is 4.90 Å². The van der Waals surface area contributed by atoms with E-state index in [0.29, 0.717) is 18.5 Å². The van der Waals surface area contributed by atoms with Crippen molar-refractivity contribution >= 4 is 23.6 Å². The van der Waals surface area contributed by atoms with Crippen LogP contribution in [-0.2, 0) is 10.5 Å². The first-order valence-corrected chi connectivity index (χ1v) is 9.26. The molecule has 0 bridgehead atoms. The molecule has 1 heterocycles. The van der Waals surface area contributed by atoms with E-state index in [-0.39, 0.29) is 12.5 Å². The van der Waals surface area contributed by atoms with Crippen LogP contribution in [0.1, 0.15) is 29.3 Å². The fraction of sp³-hybridized carbons (Fsp3) is 0.300. The molecule has 1 N–H and O–H groups in total. The highest BCUT2D eigenvalue weighted by atomic mass is 32.2. The number of aliphatic carboxylic acids is 1. The summed E-state index contributed by atoms with van der Waals surface area (Å²) in [5.74, 6) is -0.0810. The number of hydrogen-bond donors (Lipinski definition) is 1. The minimum absolute atomic E-state index is 0.0905. The maximum atomic E-state index is 12.6. The summed E-state index contributed by atoms with van der Waals surface area (Å²) < 4.78 is 0. The smallest absolute Gasteiger partial charge is 0.311 e. The highest BCUT2D eigenvalue weighted by molar-refractivity contribution is 7.98. The molecule has 1 aliphatic rings. The van der Waals surface area contributed by atoms with Gasteiger partial charge in [0.2, 0.25) is 0 Å². The lowest BCUT2D eigenvalue weighted by Crippen LogP contribution is -2.34. The number of likely N-dealkylation sites (tertiary alicyclic amines) is 1. The standard InChI is InChI=1S/C20H21NO3S/c1-20(19(23)24)11-12-21(14-20)18(22)16-9-7-15(8-10-16)13-25-17-5-3-2-4-6-17/h2-10H,11-14H2,1H3,(H,23,24). The lowest BCUT2D eigenvalue weighted by atomic mass is 9.90. The first kappa shape index (κ1) is 17.5. The van der Waals surface area contributed by atoms with Crippen molar-refractivity contribution in [1.29, 1.82) is 0 Å². The summed E-state index contributed by atoms with van der Waals surface area (Å²) >= 11 is 1.76. The van der Waals surface area contributed by atoms with Gasteiger partial charge in [0.15, 0.2) is 0 Å². The number of carboxylic acids is 1. The van der Waals surface area contributed by atoms with Crippen molar-refractivity contribution in [1.82, 2.24) is 4.90 Å². The van der Waals surface area contributed by atoms with E-state index in [4.69, 9.17) is 0 Å². The molecule has 130 valence electrons. The van der Waals surface area contributed by atoms with Gasteiger partial charge in [-0.25, -0.2) is 0 Å². The molecule has 0 radical (unpaired) electrons. The van der Waals surface area contributed by atoms with Crippen LogP contribution in [0.25, 0.3) is 0 Å². The molecule has 5 heteroatoms. The lowest BCUT2D eigenvalue weighted by molar-refractivity contribution is -0.147. The monoisotopic (exact) mass is 355 g/mol. The van der Waals surface area contributed by atoms with Gasteiger partial charge in [-0.05, 0) is 43.2 Å². The number of carbonyl (C=O) groups is 2. The molecule has 0 aliphatic carbocycles. The Balaban J connectivity index is 1.60. The molecule has 0 aromatic heterocycles. The third-order valence-corrected chi connectivity index (χ3v) is 5.71. The minimum Gasteiger partial charge on any atom is -0.481 e. The van der Waals surface area contributed by atoms with Gasteiger partial charge in [-0.1, -0.05) is 30.3 Å². The molecule has 2 aromatic carbocycles. The van der Waals surface area contributed by atoms with Gasteiger partial charge in [0.25, 0.3) is 5.91 Å². The summed E-state index contributed by atoms with van der Waals surface area (Å²) in [7, 11) is 0. The molecule has 1 aliphatic heterocycles. The average molecular weight is 355 g/mol. The Morgan fingerprint density at radius 2 is 1.80 bits per heavy atom. The van der Waals surface area contributed by atoms with Crippen LogP contribution in [-0.4, -0.2) is 35.0 Å². The second-order valence-corrected chi connectivity index (χ2v) is 7.69. The predicted molar refractivity (Wildman–Crippen MR) is 98.7 cm³/mol. The highest BCUT2D eigenvalue weighted by Gasteiger charge is 2.42. The van der Waals surface area contributed by atoms with Crippen LogP contribution in [0, 0.1) is 5.41 Å². The van der Waals surface area contributed by atoms with Crippen molar-refractivity contribution in [3.05, 3.63) is 65.7 Å². The summed E-state index contributed by atoms with van der Waals surface area (Å²) in [4.78, 5) is 26.8. The van der Waals surface area contributed by atoms with Gasteiger partial charge in [-0.2, -0.15) is 0 Å². The van der Waals surface area contributed by atoms with E-state index in [2.05, 4.69) is 12.1 Å². The van der Waals surface area contributed by atoms with Crippen molar-refractivity contribution in [3.8, 4) is 0 Å². The Bertz CT molecular complexity index is 760. The molecular weight excluding hydrogens is 334 g/mol. The van der Waals surface area contributed by atoms with Gasteiger partial charge < -0.3 is 10.0 Å². The van der Waals surface area contributed by atoms with Crippen LogP contribution in [0.3, 0.4) is 0 Å². The molecule has 1 amide bonds. The van der Waals surface area contributed by atoms with Crippen LogP contribution in [0.5, 0.6) is 0 Å². The van der Waals surface area contributed by atoms with E-state index in [1.807, 2.05) is 42.5 Å². The Kier molecular flexibility index (Phi) is 5.13. The van der Waals surface area contributed by atoms with E-state index in [0.717, 1.165) is 11.3 Å². The van der Waals surface area contributed by atoms with Crippen molar-refractivity contribution in [2.45, 2.75) is 24.0 Å². The highest BCUT2D eigenvalue weighted by Crippen LogP contribution is 2.31. The van der Waals surface area contributed by atoms with E-state index in [1.54, 1.807) is 23.6 Å². The first-order chi connectivity index (χ1) is 12.0. The Labute approximate surface area is 151 Å². The number of carboxylic acid groups (broad SMARTS) is 1. The molecule has 1 saturated heterocycles. The van der Waals surface area contributed by atoms with Gasteiger partial charge in [0, 0.05) is 29.3 Å². The van der Waals surface area contributed by atoms with Crippen LogP contribution in [0.15, 0.2) is 59.5 Å². The van der Waals surface area contributed by atoms with Crippen molar-refractivity contribution in [2.24, 2.45) is 5.41 Å². The molecular formula is C20H21NO3S. The van der Waals surface area contributed by atoms with E-state index < -0.39 is 11.4 Å². The lowest BCUT2D eigenvalue weighted by Gasteiger charge is -2.20. The number of carbonyl (C=O) groups excluding carboxylic acids is 1. The minimum atomic E-state index is -0.837. The van der Waals surface area contributed by atoms with Crippen LogP contribution in [0.4, 0.5) is 0 Å². The maximum Gasteiger partial charge on any atom is 0.311 e. The van der Waals surface area contributed by atoms with E-state index in [9.17, 15) is 14.7 Å². The molecule has 1 fully saturated rings. The first-order valence-electron chi connectivity index (χ1n) is 8.27. The Morgan fingerprint density at radius 1 is 1.12 bits per heavy atom. The second kappa shape index (κ2) is 7.31. The zero-order valence-corrected chi connectivity index (χ0v) is 15.0. The van der Waals surface area contributed by atoms with Crippen molar-refractivity contribution in [3.63, 3.8) is 0 Å². The topological polar surface area (TPSA) is 57.6 Å². The van der Waals surface area contributed by atoms with Gasteiger partial charge in [0.05, 0.1) is 5.41 Å². The SMILES string of the molecule is CC1(C(=O)O)CCN(C(=O)c2ccc(CSc3ccccc3)cc2)C1. The second-order valence-electron chi connectivity index (χ2n) is 6.64. The number of benzene rings is 2. The number of nitrogens with zero attached hydrogens (tertiary/aromatic N) is 1. The molecule has 2 aromatic rings.